The number of anilines is 1. The van der Waals surface area contributed by atoms with Crippen LogP contribution < -0.4 is 10.1 Å². The summed E-state index contributed by atoms with van der Waals surface area (Å²) in [6.07, 6.45) is 0. The molecule has 0 bridgehead atoms. The quantitative estimate of drug-likeness (QED) is 0.780. The standard InChI is InChI=1S/C22H21ClN2O4/c23-15-1-4-19-18(12-15)20(22(26)24-19)21-17-3-2-16(11-14(17)13-29-21)28-10-7-25-5-8-27-9-6-25/h1-4,11-12H,5-10,13H2,(H,24,26)/b21-20+. The molecular formula is C22H21ClN2O4. The minimum atomic E-state index is -0.170. The Hall–Kier alpha value is -2.54. The highest BCUT2D eigenvalue weighted by molar-refractivity contribution is 6.37. The number of carbonyl (C=O) groups excluding carboxylic acids is 1. The zero-order chi connectivity index (χ0) is 19.8. The van der Waals surface area contributed by atoms with Crippen molar-refractivity contribution < 1.29 is 19.0 Å². The van der Waals surface area contributed by atoms with Crippen molar-refractivity contribution in [2.45, 2.75) is 6.61 Å². The van der Waals surface area contributed by atoms with Crippen LogP contribution in [0, 0.1) is 0 Å². The highest BCUT2D eigenvalue weighted by Crippen LogP contribution is 2.43. The van der Waals surface area contributed by atoms with Crippen LogP contribution in [0.15, 0.2) is 36.4 Å². The largest absolute Gasteiger partial charge is 0.492 e. The molecule has 0 aliphatic carbocycles. The Balaban J connectivity index is 1.35. The van der Waals surface area contributed by atoms with E-state index < -0.39 is 0 Å². The van der Waals surface area contributed by atoms with Gasteiger partial charge in [0.05, 0.1) is 18.8 Å². The molecule has 2 aromatic carbocycles. The summed E-state index contributed by atoms with van der Waals surface area (Å²) in [6, 6.07) is 11.3. The van der Waals surface area contributed by atoms with E-state index in [1.807, 2.05) is 24.3 Å². The molecule has 0 unspecified atom stereocenters. The number of morpholine rings is 1. The van der Waals surface area contributed by atoms with Crippen LogP contribution in [0.1, 0.15) is 16.7 Å². The molecule has 1 saturated heterocycles. The predicted molar refractivity (Wildman–Crippen MR) is 111 cm³/mol. The number of ether oxygens (including phenoxy) is 3. The number of halogens is 1. The number of amides is 1. The van der Waals surface area contributed by atoms with Gasteiger partial charge in [0.25, 0.3) is 5.91 Å². The smallest absolute Gasteiger partial charge is 0.260 e. The van der Waals surface area contributed by atoms with Gasteiger partial charge in [-0.2, -0.15) is 0 Å². The van der Waals surface area contributed by atoms with E-state index in [-0.39, 0.29) is 5.91 Å². The summed E-state index contributed by atoms with van der Waals surface area (Å²) in [6.45, 7) is 5.40. The number of nitrogens with one attached hydrogen (secondary N) is 1. The average molecular weight is 413 g/mol. The van der Waals surface area contributed by atoms with Gasteiger partial charge in [0.1, 0.15) is 24.7 Å². The fraction of sp³-hybridized carbons (Fsp3) is 0.318. The van der Waals surface area contributed by atoms with Gasteiger partial charge >= 0.3 is 0 Å². The van der Waals surface area contributed by atoms with Crippen molar-refractivity contribution in [3.63, 3.8) is 0 Å². The lowest BCUT2D eigenvalue weighted by atomic mass is 10.0. The fourth-order valence-electron chi connectivity index (χ4n) is 3.92. The van der Waals surface area contributed by atoms with Crippen LogP contribution in [0.3, 0.4) is 0 Å². The molecule has 3 aliphatic heterocycles. The second-order valence-corrected chi connectivity index (χ2v) is 7.69. The predicted octanol–water partition coefficient (Wildman–Crippen LogP) is 3.40. The maximum absolute atomic E-state index is 12.6. The summed E-state index contributed by atoms with van der Waals surface area (Å²) in [5, 5.41) is 3.46. The van der Waals surface area contributed by atoms with Crippen molar-refractivity contribution in [2.24, 2.45) is 0 Å². The number of hydrogen-bond donors (Lipinski definition) is 1. The molecule has 0 radical (unpaired) electrons. The molecule has 1 amide bonds. The first-order chi connectivity index (χ1) is 14.2. The third kappa shape index (κ3) is 3.59. The number of hydrogen-bond acceptors (Lipinski definition) is 5. The molecular weight excluding hydrogens is 392 g/mol. The van der Waals surface area contributed by atoms with Crippen LogP contribution in [0.2, 0.25) is 5.02 Å². The van der Waals surface area contributed by atoms with Crippen LogP contribution in [-0.2, 0) is 20.9 Å². The van der Waals surface area contributed by atoms with E-state index in [0.717, 1.165) is 61.0 Å². The van der Waals surface area contributed by atoms with Crippen LogP contribution in [0.4, 0.5) is 5.69 Å². The maximum Gasteiger partial charge on any atom is 0.260 e. The lowest BCUT2D eigenvalue weighted by Crippen LogP contribution is -2.38. The monoisotopic (exact) mass is 412 g/mol. The van der Waals surface area contributed by atoms with Crippen LogP contribution in [0.5, 0.6) is 5.75 Å². The molecule has 0 aromatic heterocycles. The Labute approximate surface area is 174 Å². The fourth-order valence-corrected chi connectivity index (χ4v) is 4.09. The molecule has 1 N–H and O–H groups in total. The van der Waals surface area contributed by atoms with E-state index in [1.165, 1.54) is 0 Å². The zero-order valence-corrected chi connectivity index (χ0v) is 16.6. The minimum absolute atomic E-state index is 0.170. The van der Waals surface area contributed by atoms with Gasteiger partial charge in [0.2, 0.25) is 0 Å². The summed E-state index contributed by atoms with van der Waals surface area (Å²) in [4.78, 5) is 14.9. The molecule has 7 heteroatoms. The molecule has 29 heavy (non-hydrogen) atoms. The van der Waals surface area contributed by atoms with Crippen molar-refractivity contribution in [3.05, 3.63) is 58.1 Å². The second-order valence-electron chi connectivity index (χ2n) is 7.26. The SMILES string of the molecule is O=C1Nc2ccc(Cl)cc2/C1=C1\OCc2cc(OCCN3CCOCC3)ccc21. The van der Waals surface area contributed by atoms with E-state index in [4.69, 9.17) is 25.8 Å². The van der Waals surface area contributed by atoms with Gasteiger partial charge in [-0.3, -0.25) is 9.69 Å². The number of benzene rings is 2. The number of rotatable bonds is 4. The molecule has 3 aliphatic rings. The lowest BCUT2D eigenvalue weighted by molar-refractivity contribution is -0.110. The molecule has 150 valence electrons. The molecule has 2 aromatic rings. The first-order valence-corrected chi connectivity index (χ1v) is 10.1. The Morgan fingerprint density at radius 1 is 1.10 bits per heavy atom. The summed E-state index contributed by atoms with van der Waals surface area (Å²) < 4.78 is 17.2. The molecule has 1 fully saturated rings. The van der Waals surface area contributed by atoms with Gasteiger partial charge in [-0.15, -0.1) is 0 Å². The second kappa shape index (κ2) is 7.71. The van der Waals surface area contributed by atoms with Crippen molar-refractivity contribution in [1.29, 1.82) is 0 Å². The number of carbonyl (C=O) groups is 1. The lowest BCUT2D eigenvalue weighted by Gasteiger charge is -2.26. The van der Waals surface area contributed by atoms with Crippen molar-refractivity contribution in [3.8, 4) is 5.75 Å². The molecule has 0 atom stereocenters. The summed E-state index contributed by atoms with van der Waals surface area (Å²) in [7, 11) is 0. The van der Waals surface area contributed by atoms with Gasteiger partial charge in [0.15, 0.2) is 0 Å². The summed E-state index contributed by atoms with van der Waals surface area (Å²) in [5.74, 6) is 1.24. The van der Waals surface area contributed by atoms with Gasteiger partial charge in [-0.25, -0.2) is 0 Å². The van der Waals surface area contributed by atoms with Crippen molar-refractivity contribution >= 4 is 34.5 Å². The molecule has 3 heterocycles. The highest BCUT2D eigenvalue weighted by atomic mass is 35.5. The summed E-state index contributed by atoms with van der Waals surface area (Å²) >= 11 is 6.14. The van der Waals surface area contributed by atoms with Crippen molar-refractivity contribution in [2.75, 3.05) is 44.8 Å². The van der Waals surface area contributed by atoms with Crippen LogP contribution >= 0.6 is 11.6 Å². The first-order valence-electron chi connectivity index (χ1n) is 9.73. The van der Waals surface area contributed by atoms with E-state index in [9.17, 15) is 4.79 Å². The first kappa shape index (κ1) is 18.5. The third-order valence-corrected chi connectivity index (χ3v) is 5.66. The van der Waals surface area contributed by atoms with E-state index in [1.54, 1.807) is 12.1 Å². The van der Waals surface area contributed by atoms with Gasteiger partial charge in [-0.05, 0) is 36.4 Å². The zero-order valence-electron chi connectivity index (χ0n) is 15.9. The van der Waals surface area contributed by atoms with Crippen LogP contribution in [0.25, 0.3) is 11.3 Å². The van der Waals surface area contributed by atoms with E-state index in [2.05, 4.69) is 10.2 Å². The maximum atomic E-state index is 12.6. The van der Waals surface area contributed by atoms with E-state index in [0.29, 0.717) is 29.6 Å². The Morgan fingerprint density at radius 3 is 2.83 bits per heavy atom. The molecule has 6 nitrogen and oxygen atoms in total. The van der Waals surface area contributed by atoms with Gasteiger partial charge in [0, 0.05) is 47.0 Å². The third-order valence-electron chi connectivity index (χ3n) is 5.43. The number of fused-ring (bicyclic) bond motifs is 2. The average Bonchev–Trinajstić information content (AvgIpc) is 3.28. The van der Waals surface area contributed by atoms with E-state index >= 15 is 0 Å². The Bertz CT molecular complexity index is 998. The minimum Gasteiger partial charge on any atom is -0.492 e. The Morgan fingerprint density at radius 2 is 1.97 bits per heavy atom. The molecule has 0 spiro atoms. The topological polar surface area (TPSA) is 60.0 Å². The van der Waals surface area contributed by atoms with Crippen molar-refractivity contribution in [1.82, 2.24) is 4.90 Å². The normalized spacial score (nSPS) is 20.8. The highest BCUT2D eigenvalue weighted by Gasteiger charge is 2.32. The number of nitrogens with zero attached hydrogens (tertiary/aromatic N) is 1. The molecule has 5 rings (SSSR count). The molecule has 0 saturated carbocycles. The van der Waals surface area contributed by atoms with Gasteiger partial charge < -0.3 is 19.5 Å². The summed E-state index contributed by atoms with van der Waals surface area (Å²) in [5.41, 5.74) is 3.99. The Kier molecular flexibility index (Phi) is 4.91. The van der Waals surface area contributed by atoms with Crippen LogP contribution in [-0.4, -0.2) is 50.3 Å². The van der Waals surface area contributed by atoms with Gasteiger partial charge in [-0.1, -0.05) is 11.6 Å².